The van der Waals surface area contributed by atoms with Gasteiger partial charge in [-0.1, -0.05) is 109 Å². The number of carboxylic acid groups (broad SMARTS) is 2. The SMILES string of the molecule is O=C(O)NC(C(=O)N1CCCC1c1ncc(-c2ccc(-c3ccc(-c4cnc([C@@H]5CCCN5C(=O)[C@@H](NC(=O)O)c5ccccc5)[nH]4)cc3)cc2)[nH]1)c1ccccc1. The van der Waals surface area contributed by atoms with Crippen molar-refractivity contribution in [1.82, 2.24) is 40.4 Å². The molecule has 6 N–H and O–H groups in total. The maximum Gasteiger partial charge on any atom is 0.405 e. The third-order valence-corrected chi connectivity index (χ3v) is 10.9. The number of amides is 4. The number of nitrogens with zero attached hydrogens (tertiary/aromatic N) is 4. The lowest BCUT2D eigenvalue weighted by Crippen LogP contribution is -2.42. The van der Waals surface area contributed by atoms with E-state index in [4.69, 9.17) is 0 Å². The van der Waals surface area contributed by atoms with Gasteiger partial charge in [0.05, 0.1) is 35.9 Å². The lowest BCUT2D eigenvalue weighted by molar-refractivity contribution is -0.135. The van der Waals surface area contributed by atoms with Crippen LogP contribution in [0.2, 0.25) is 0 Å². The Labute approximate surface area is 334 Å². The average molecular weight is 779 g/mol. The molecule has 0 aliphatic carbocycles. The third kappa shape index (κ3) is 7.89. The summed E-state index contributed by atoms with van der Waals surface area (Å²) in [5.74, 6) is 0.690. The van der Waals surface area contributed by atoms with E-state index in [1.807, 2.05) is 60.7 Å². The van der Waals surface area contributed by atoms with Crippen molar-refractivity contribution in [3.8, 4) is 33.6 Å². The van der Waals surface area contributed by atoms with Crippen LogP contribution in [0.5, 0.6) is 0 Å². The van der Waals surface area contributed by atoms with Gasteiger partial charge in [0, 0.05) is 13.1 Å². The smallest absolute Gasteiger partial charge is 0.405 e. The van der Waals surface area contributed by atoms with Crippen LogP contribution in [-0.4, -0.2) is 77.0 Å². The normalized spacial score (nSPS) is 17.4. The number of H-pyrrole nitrogens is 2. The van der Waals surface area contributed by atoms with Crippen molar-refractivity contribution < 1.29 is 29.4 Å². The summed E-state index contributed by atoms with van der Waals surface area (Å²) in [5.41, 5.74) is 6.70. The molecule has 14 nitrogen and oxygen atoms in total. The van der Waals surface area contributed by atoms with Crippen LogP contribution in [0.25, 0.3) is 33.6 Å². The molecular weight excluding hydrogens is 737 g/mol. The number of imidazole rings is 2. The predicted molar refractivity (Wildman–Crippen MR) is 215 cm³/mol. The molecule has 294 valence electrons. The van der Waals surface area contributed by atoms with Gasteiger partial charge < -0.3 is 40.6 Å². The van der Waals surface area contributed by atoms with Gasteiger partial charge >= 0.3 is 12.2 Å². The molecular formula is C44H42N8O6. The van der Waals surface area contributed by atoms with E-state index in [-0.39, 0.29) is 23.9 Å². The van der Waals surface area contributed by atoms with Crippen molar-refractivity contribution in [3.05, 3.63) is 144 Å². The van der Waals surface area contributed by atoms with E-state index >= 15 is 0 Å². The summed E-state index contributed by atoms with van der Waals surface area (Å²) in [6, 6.07) is 31.3. The Morgan fingerprint density at radius 2 is 0.914 bits per heavy atom. The summed E-state index contributed by atoms with van der Waals surface area (Å²) in [7, 11) is 0. The fraction of sp³-hybridized carbons (Fsp3) is 0.227. The predicted octanol–water partition coefficient (Wildman–Crippen LogP) is 7.48. The molecule has 2 fully saturated rings. The summed E-state index contributed by atoms with van der Waals surface area (Å²) in [6.45, 7) is 1.01. The first-order valence-electron chi connectivity index (χ1n) is 19.2. The van der Waals surface area contributed by atoms with E-state index in [2.05, 4.69) is 30.6 Å². The third-order valence-electron chi connectivity index (χ3n) is 10.9. The standard InChI is InChI=1S/C44H42N8O6/c53-41(37(49-43(55)56)31-9-3-1-4-10-31)51-23-7-13-35(51)39-45-25-33(47-39)29-19-15-27(16-20-29)28-17-21-30(22-18-28)34-26-46-40(48-34)36-14-8-24-52(36)42(54)38(50-44(57)58)32-11-5-2-6-12-32/h1-6,9-12,15-22,25-26,35-38,49-50H,7-8,13-14,23-24H2,(H,45,47)(H,46,48)(H,55,56)(H,57,58)/t35-,36?,37-,38?/m0/s1. The van der Waals surface area contributed by atoms with Gasteiger partial charge in [-0.05, 0) is 59.1 Å². The number of likely N-dealkylation sites (tertiary alicyclic amines) is 2. The number of hydrogen-bond acceptors (Lipinski definition) is 6. The Balaban J connectivity index is 0.929. The van der Waals surface area contributed by atoms with Crippen molar-refractivity contribution in [2.75, 3.05) is 13.1 Å². The fourth-order valence-corrected chi connectivity index (χ4v) is 8.06. The molecule has 0 spiro atoms. The van der Waals surface area contributed by atoms with E-state index < -0.39 is 24.3 Å². The van der Waals surface area contributed by atoms with E-state index in [0.29, 0.717) is 48.7 Å². The second kappa shape index (κ2) is 16.5. The Morgan fingerprint density at radius 3 is 1.28 bits per heavy atom. The summed E-state index contributed by atoms with van der Waals surface area (Å²) < 4.78 is 0. The van der Waals surface area contributed by atoms with Crippen molar-refractivity contribution in [2.45, 2.75) is 49.9 Å². The lowest BCUT2D eigenvalue weighted by atomic mass is 10.0. The van der Waals surface area contributed by atoms with Crippen LogP contribution in [0, 0.1) is 0 Å². The van der Waals surface area contributed by atoms with Crippen LogP contribution < -0.4 is 10.6 Å². The number of aromatic amines is 2. The molecule has 2 saturated heterocycles. The molecule has 58 heavy (non-hydrogen) atoms. The number of benzene rings is 4. The van der Waals surface area contributed by atoms with Gasteiger partial charge in [0.15, 0.2) is 0 Å². The largest absolute Gasteiger partial charge is 0.465 e. The van der Waals surface area contributed by atoms with Crippen molar-refractivity contribution in [3.63, 3.8) is 0 Å². The number of carbonyl (C=O) groups excluding carboxylic acids is 2. The zero-order valence-corrected chi connectivity index (χ0v) is 31.4. The van der Waals surface area contributed by atoms with E-state index in [1.54, 1.807) is 70.7 Å². The molecule has 0 bridgehead atoms. The summed E-state index contributed by atoms with van der Waals surface area (Å²) in [4.78, 5) is 70.2. The summed E-state index contributed by atoms with van der Waals surface area (Å²) in [6.07, 6.45) is 3.97. The highest BCUT2D eigenvalue weighted by molar-refractivity contribution is 5.88. The highest BCUT2D eigenvalue weighted by Crippen LogP contribution is 2.36. The quantitative estimate of drug-likeness (QED) is 0.0778. The van der Waals surface area contributed by atoms with Crippen molar-refractivity contribution in [2.24, 2.45) is 0 Å². The molecule has 2 aromatic heterocycles. The molecule has 4 heterocycles. The van der Waals surface area contributed by atoms with Gasteiger partial charge in [-0.25, -0.2) is 19.6 Å². The Bertz CT molecular complexity index is 2230. The second-order valence-corrected chi connectivity index (χ2v) is 14.5. The van der Waals surface area contributed by atoms with Crippen LogP contribution in [0.4, 0.5) is 9.59 Å². The van der Waals surface area contributed by atoms with Gasteiger partial charge in [0.1, 0.15) is 23.7 Å². The molecule has 4 aromatic carbocycles. The molecule has 2 aliphatic heterocycles. The first-order chi connectivity index (χ1) is 28.2. The minimum Gasteiger partial charge on any atom is -0.465 e. The highest BCUT2D eigenvalue weighted by Gasteiger charge is 2.38. The molecule has 6 aromatic rings. The van der Waals surface area contributed by atoms with Gasteiger partial charge in [-0.3, -0.25) is 9.59 Å². The number of rotatable bonds is 11. The fourth-order valence-electron chi connectivity index (χ4n) is 8.06. The van der Waals surface area contributed by atoms with Crippen molar-refractivity contribution >= 4 is 24.0 Å². The van der Waals surface area contributed by atoms with E-state index in [9.17, 15) is 29.4 Å². The maximum atomic E-state index is 13.7. The minimum atomic E-state index is -1.26. The van der Waals surface area contributed by atoms with Crippen molar-refractivity contribution in [1.29, 1.82) is 0 Å². The topological polar surface area (TPSA) is 197 Å². The first-order valence-corrected chi connectivity index (χ1v) is 19.2. The number of nitrogens with one attached hydrogen (secondary N) is 4. The summed E-state index contributed by atoms with van der Waals surface area (Å²) in [5, 5.41) is 23.8. The van der Waals surface area contributed by atoms with Crippen LogP contribution in [0.3, 0.4) is 0 Å². The number of hydrogen-bond donors (Lipinski definition) is 6. The minimum absolute atomic E-state index is 0.306. The molecule has 4 atom stereocenters. The second-order valence-electron chi connectivity index (χ2n) is 14.5. The lowest BCUT2D eigenvalue weighted by Gasteiger charge is -2.28. The Kier molecular flexibility index (Phi) is 10.7. The number of aromatic nitrogens is 4. The van der Waals surface area contributed by atoms with Crippen LogP contribution >= 0.6 is 0 Å². The van der Waals surface area contributed by atoms with Crippen LogP contribution in [-0.2, 0) is 9.59 Å². The zero-order valence-electron chi connectivity index (χ0n) is 31.4. The molecule has 14 heteroatoms. The maximum absolute atomic E-state index is 13.7. The molecule has 2 aliphatic rings. The van der Waals surface area contributed by atoms with E-state index in [0.717, 1.165) is 46.5 Å². The van der Waals surface area contributed by atoms with Crippen LogP contribution in [0.1, 0.15) is 72.6 Å². The average Bonchev–Trinajstić information content (AvgIpc) is 4.09. The molecule has 0 saturated carbocycles. The Hall–Kier alpha value is -7.22. The van der Waals surface area contributed by atoms with E-state index in [1.165, 1.54) is 0 Å². The van der Waals surface area contributed by atoms with Gasteiger partial charge in [0.25, 0.3) is 11.8 Å². The van der Waals surface area contributed by atoms with Gasteiger partial charge in [-0.2, -0.15) is 0 Å². The monoisotopic (exact) mass is 778 g/mol. The summed E-state index contributed by atoms with van der Waals surface area (Å²) >= 11 is 0. The molecule has 8 rings (SSSR count). The highest BCUT2D eigenvalue weighted by atomic mass is 16.4. The molecule has 0 radical (unpaired) electrons. The molecule has 4 amide bonds. The first kappa shape index (κ1) is 37.7. The Morgan fingerprint density at radius 1 is 0.552 bits per heavy atom. The van der Waals surface area contributed by atoms with Gasteiger partial charge in [-0.15, -0.1) is 0 Å². The van der Waals surface area contributed by atoms with Gasteiger partial charge in [0.2, 0.25) is 0 Å². The van der Waals surface area contributed by atoms with Crippen LogP contribution in [0.15, 0.2) is 122 Å². The molecule has 2 unspecified atom stereocenters. The zero-order chi connectivity index (χ0) is 40.2. The number of carbonyl (C=O) groups is 4.